The fourth-order valence-electron chi connectivity index (χ4n) is 3.60. The zero-order valence-electron chi connectivity index (χ0n) is 14.2. The Hall–Kier alpha value is -0.0800. The largest absolute Gasteiger partial charge is 0.393 e. The molecule has 5 nitrogen and oxygen atoms in total. The van der Waals surface area contributed by atoms with Gasteiger partial charge in [0.1, 0.15) is 0 Å². The van der Waals surface area contributed by atoms with Crippen molar-refractivity contribution < 1.29 is 9.84 Å². The Labute approximate surface area is 157 Å². The highest BCUT2D eigenvalue weighted by atomic mass is 127. The predicted octanol–water partition coefficient (Wildman–Crippen LogP) is 2.23. The number of rotatable bonds is 5. The molecule has 6 heteroatoms. The number of nitrogens with one attached hydrogen (secondary N) is 1. The van der Waals surface area contributed by atoms with Crippen LogP contribution in [0.3, 0.4) is 0 Å². The minimum absolute atomic E-state index is 0. The van der Waals surface area contributed by atoms with Crippen molar-refractivity contribution >= 4 is 29.9 Å². The Bertz CT molecular complexity index is 382. The molecule has 2 unspecified atom stereocenters. The first-order valence-electron chi connectivity index (χ1n) is 9.01. The molecule has 0 bridgehead atoms. The third-order valence-electron chi connectivity index (χ3n) is 5.36. The molecule has 1 aliphatic heterocycles. The van der Waals surface area contributed by atoms with E-state index in [9.17, 15) is 5.11 Å². The van der Waals surface area contributed by atoms with Crippen molar-refractivity contribution in [3.63, 3.8) is 0 Å². The van der Waals surface area contributed by atoms with Crippen LogP contribution in [0.25, 0.3) is 0 Å². The third kappa shape index (κ3) is 5.74. The number of piperidine rings is 1. The van der Waals surface area contributed by atoms with E-state index in [1.165, 1.54) is 12.8 Å². The normalized spacial score (nSPS) is 29.5. The van der Waals surface area contributed by atoms with E-state index in [2.05, 4.69) is 15.2 Å². The van der Waals surface area contributed by atoms with E-state index in [-0.39, 0.29) is 30.1 Å². The molecule has 2 N–H and O–H groups in total. The van der Waals surface area contributed by atoms with Gasteiger partial charge in [0.25, 0.3) is 0 Å². The number of aliphatic hydroxyl groups excluding tert-OH is 1. The number of aliphatic hydroxyl groups is 1. The lowest BCUT2D eigenvalue weighted by Gasteiger charge is -2.34. The van der Waals surface area contributed by atoms with Gasteiger partial charge >= 0.3 is 0 Å². The molecule has 2 atom stereocenters. The van der Waals surface area contributed by atoms with E-state index in [0.29, 0.717) is 12.0 Å². The van der Waals surface area contributed by atoms with Gasteiger partial charge in [-0.3, -0.25) is 4.99 Å². The lowest BCUT2D eigenvalue weighted by atomic mass is 10.1. The summed E-state index contributed by atoms with van der Waals surface area (Å²) in [5.74, 6) is 2.22. The zero-order valence-corrected chi connectivity index (χ0v) is 16.6. The number of halogens is 1. The lowest BCUT2D eigenvalue weighted by Crippen LogP contribution is -2.48. The highest BCUT2D eigenvalue weighted by Gasteiger charge is 2.28. The van der Waals surface area contributed by atoms with E-state index in [1.54, 1.807) is 0 Å². The van der Waals surface area contributed by atoms with Gasteiger partial charge in [-0.25, -0.2) is 0 Å². The Balaban J connectivity index is 0.00000192. The summed E-state index contributed by atoms with van der Waals surface area (Å²) in [5, 5.41) is 13.4. The summed E-state index contributed by atoms with van der Waals surface area (Å²) in [4.78, 5) is 6.75. The van der Waals surface area contributed by atoms with Gasteiger partial charge in [0, 0.05) is 39.2 Å². The van der Waals surface area contributed by atoms with Crippen molar-refractivity contribution in [2.24, 2.45) is 16.8 Å². The van der Waals surface area contributed by atoms with Gasteiger partial charge in [0.15, 0.2) is 5.96 Å². The second-order valence-electron chi connectivity index (χ2n) is 7.15. The number of hydrogen-bond donors (Lipinski definition) is 2. The Morgan fingerprint density at radius 2 is 1.91 bits per heavy atom. The second kappa shape index (κ2) is 9.42. The first-order valence-corrected chi connectivity index (χ1v) is 9.01. The summed E-state index contributed by atoms with van der Waals surface area (Å²) in [6.45, 7) is 3.84. The minimum Gasteiger partial charge on any atom is -0.393 e. The van der Waals surface area contributed by atoms with Crippen LogP contribution in [0.4, 0.5) is 0 Å². The molecule has 23 heavy (non-hydrogen) atoms. The molecule has 1 heterocycles. The van der Waals surface area contributed by atoms with E-state index >= 15 is 0 Å². The maximum absolute atomic E-state index is 9.92. The quantitative estimate of drug-likeness (QED) is 0.394. The van der Waals surface area contributed by atoms with Crippen molar-refractivity contribution in [3.8, 4) is 0 Å². The smallest absolute Gasteiger partial charge is 0.193 e. The standard InChI is InChI=1S/C17H31N3O2.HI/c1-18-17(19-11-14-3-2-4-16(14)21)20-9-7-15(8-10-20)22-12-13-5-6-13;/h13-16,21H,2-12H2,1H3,(H,18,19);1H. The van der Waals surface area contributed by atoms with E-state index in [4.69, 9.17) is 4.74 Å². The van der Waals surface area contributed by atoms with Crippen LogP contribution in [-0.4, -0.2) is 61.5 Å². The summed E-state index contributed by atoms with van der Waals surface area (Å²) >= 11 is 0. The van der Waals surface area contributed by atoms with E-state index in [1.807, 2.05) is 7.05 Å². The lowest BCUT2D eigenvalue weighted by molar-refractivity contribution is 0.0130. The van der Waals surface area contributed by atoms with Gasteiger partial charge in [-0.05, 0) is 44.4 Å². The molecule has 2 saturated carbocycles. The Morgan fingerprint density at radius 1 is 1.17 bits per heavy atom. The molecule has 0 amide bonds. The first kappa shape index (κ1) is 19.2. The number of guanidine groups is 1. The third-order valence-corrected chi connectivity index (χ3v) is 5.36. The van der Waals surface area contributed by atoms with Crippen LogP contribution < -0.4 is 5.32 Å². The molecule has 134 valence electrons. The number of aliphatic imine (C=N–C) groups is 1. The fraction of sp³-hybridized carbons (Fsp3) is 0.941. The van der Waals surface area contributed by atoms with Gasteiger partial charge in [-0.2, -0.15) is 0 Å². The highest BCUT2D eigenvalue weighted by Crippen LogP contribution is 2.30. The first-order chi connectivity index (χ1) is 10.8. The van der Waals surface area contributed by atoms with Crippen molar-refractivity contribution in [2.45, 2.75) is 57.2 Å². The summed E-state index contributed by atoms with van der Waals surface area (Å²) < 4.78 is 6.00. The average molecular weight is 437 g/mol. The Morgan fingerprint density at radius 3 is 2.48 bits per heavy atom. The SMILES string of the molecule is CN=C(NCC1CCCC1O)N1CCC(OCC2CC2)CC1.I. The molecule has 2 aliphatic carbocycles. The topological polar surface area (TPSA) is 57.1 Å². The summed E-state index contributed by atoms with van der Waals surface area (Å²) in [6.07, 6.45) is 8.45. The minimum atomic E-state index is -0.132. The predicted molar refractivity (Wildman–Crippen MR) is 103 cm³/mol. The average Bonchev–Trinajstić information content (AvgIpc) is 3.29. The Kier molecular flexibility index (Phi) is 7.88. The van der Waals surface area contributed by atoms with Gasteiger partial charge < -0.3 is 20.1 Å². The molecular formula is C17H32IN3O2. The van der Waals surface area contributed by atoms with Crippen LogP contribution in [0.2, 0.25) is 0 Å². The summed E-state index contributed by atoms with van der Waals surface area (Å²) in [6, 6.07) is 0. The summed E-state index contributed by atoms with van der Waals surface area (Å²) in [5.41, 5.74) is 0. The number of hydrogen-bond acceptors (Lipinski definition) is 3. The highest BCUT2D eigenvalue weighted by molar-refractivity contribution is 14.0. The molecule has 0 aromatic heterocycles. The van der Waals surface area contributed by atoms with E-state index in [0.717, 1.165) is 70.2 Å². The second-order valence-corrected chi connectivity index (χ2v) is 7.15. The van der Waals surface area contributed by atoms with Gasteiger partial charge in [-0.1, -0.05) is 6.42 Å². The maximum atomic E-state index is 9.92. The van der Waals surface area contributed by atoms with Crippen molar-refractivity contribution in [1.82, 2.24) is 10.2 Å². The zero-order chi connectivity index (χ0) is 15.4. The monoisotopic (exact) mass is 437 g/mol. The number of nitrogens with zero attached hydrogens (tertiary/aromatic N) is 2. The molecule has 0 aromatic rings. The summed E-state index contributed by atoms with van der Waals surface area (Å²) in [7, 11) is 1.85. The van der Waals surface area contributed by atoms with Crippen molar-refractivity contribution in [3.05, 3.63) is 0 Å². The van der Waals surface area contributed by atoms with Crippen molar-refractivity contribution in [2.75, 3.05) is 33.3 Å². The molecule has 3 rings (SSSR count). The number of ether oxygens (including phenoxy) is 1. The van der Waals surface area contributed by atoms with Crippen LogP contribution in [0.5, 0.6) is 0 Å². The van der Waals surface area contributed by atoms with Crippen LogP contribution >= 0.6 is 24.0 Å². The molecule has 0 aromatic carbocycles. The fourth-order valence-corrected chi connectivity index (χ4v) is 3.60. The van der Waals surface area contributed by atoms with Crippen LogP contribution in [0.15, 0.2) is 4.99 Å². The van der Waals surface area contributed by atoms with Crippen LogP contribution in [-0.2, 0) is 4.74 Å². The van der Waals surface area contributed by atoms with Crippen LogP contribution in [0.1, 0.15) is 44.9 Å². The molecule has 3 fully saturated rings. The maximum Gasteiger partial charge on any atom is 0.193 e. The van der Waals surface area contributed by atoms with Crippen molar-refractivity contribution in [1.29, 1.82) is 0 Å². The van der Waals surface area contributed by atoms with Gasteiger partial charge in [0.2, 0.25) is 0 Å². The van der Waals surface area contributed by atoms with E-state index < -0.39 is 0 Å². The molecule has 1 saturated heterocycles. The molecule has 3 aliphatic rings. The molecule has 0 radical (unpaired) electrons. The molecule has 0 spiro atoms. The molecular weight excluding hydrogens is 405 g/mol. The van der Waals surface area contributed by atoms with Crippen LogP contribution in [0, 0.1) is 11.8 Å². The number of likely N-dealkylation sites (tertiary alicyclic amines) is 1. The van der Waals surface area contributed by atoms with Gasteiger partial charge in [0.05, 0.1) is 12.2 Å². The van der Waals surface area contributed by atoms with Gasteiger partial charge in [-0.15, -0.1) is 24.0 Å².